The maximum absolute atomic E-state index is 12.7. The SMILES string of the molecule is COc1ccc(NC(=O)C(=O)NN=Cc2ccc(OC(=O)c3ccccc3)cc2OC(=O)c2ccccc2)cc1. The van der Waals surface area contributed by atoms with E-state index in [1.165, 1.54) is 31.5 Å². The van der Waals surface area contributed by atoms with Crippen LogP contribution in [0, 0.1) is 0 Å². The fourth-order valence-electron chi connectivity index (χ4n) is 3.32. The molecule has 4 aromatic carbocycles. The van der Waals surface area contributed by atoms with E-state index >= 15 is 0 Å². The van der Waals surface area contributed by atoms with E-state index in [0.717, 1.165) is 0 Å². The summed E-state index contributed by atoms with van der Waals surface area (Å²) in [5.74, 6) is -2.51. The number of hydrogen-bond acceptors (Lipinski definition) is 8. The molecule has 0 radical (unpaired) electrons. The van der Waals surface area contributed by atoms with Crippen LogP contribution >= 0.6 is 0 Å². The van der Waals surface area contributed by atoms with Crippen LogP contribution in [0.15, 0.2) is 108 Å². The summed E-state index contributed by atoms with van der Waals surface area (Å²) in [4.78, 5) is 49.6. The minimum Gasteiger partial charge on any atom is -0.497 e. The molecule has 10 heteroatoms. The third-order valence-corrected chi connectivity index (χ3v) is 5.34. The Bertz CT molecular complexity index is 1540. The van der Waals surface area contributed by atoms with Crippen LogP contribution in [0.1, 0.15) is 26.3 Å². The van der Waals surface area contributed by atoms with Crippen molar-refractivity contribution < 1.29 is 33.4 Å². The Balaban J connectivity index is 1.48. The Labute approximate surface area is 229 Å². The monoisotopic (exact) mass is 537 g/mol. The van der Waals surface area contributed by atoms with Crippen LogP contribution in [-0.4, -0.2) is 37.1 Å². The van der Waals surface area contributed by atoms with Crippen molar-refractivity contribution in [3.8, 4) is 17.2 Å². The van der Waals surface area contributed by atoms with Gasteiger partial charge in [-0.2, -0.15) is 5.10 Å². The highest BCUT2D eigenvalue weighted by Crippen LogP contribution is 2.26. The number of anilines is 1. The summed E-state index contributed by atoms with van der Waals surface area (Å²) in [5, 5.41) is 6.24. The van der Waals surface area contributed by atoms with Gasteiger partial charge < -0.3 is 19.5 Å². The van der Waals surface area contributed by atoms with Gasteiger partial charge in [0, 0.05) is 17.3 Å². The lowest BCUT2D eigenvalue weighted by molar-refractivity contribution is -0.136. The molecule has 2 N–H and O–H groups in total. The van der Waals surface area contributed by atoms with Crippen LogP contribution in [0.2, 0.25) is 0 Å². The van der Waals surface area contributed by atoms with E-state index < -0.39 is 23.8 Å². The molecule has 4 aromatic rings. The summed E-state index contributed by atoms with van der Waals surface area (Å²) in [6.07, 6.45) is 1.19. The number of methoxy groups -OCH3 is 1. The minimum absolute atomic E-state index is 0.00731. The van der Waals surface area contributed by atoms with Crippen molar-refractivity contribution in [3.63, 3.8) is 0 Å². The normalized spacial score (nSPS) is 10.4. The second-order valence-electron chi connectivity index (χ2n) is 8.09. The minimum atomic E-state index is -1.02. The molecule has 0 aliphatic carbocycles. The van der Waals surface area contributed by atoms with Gasteiger partial charge in [-0.3, -0.25) is 9.59 Å². The third-order valence-electron chi connectivity index (χ3n) is 5.34. The number of carbonyl (C=O) groups is 4. The number of benzene rings is 4. The quantitative estimate of drug-likeness (QED) is 0.113. The average Bonchev–Trinajstić information content (AvgIpc) is 2.99. The van der Waals surface area contributed by atoms with Crippen molar-refractivity contribution in [2.75, 3.05) is 12.4 Å². The molecule has 4 rings (SSSR count). The van der Waals surface area contributed by atoms with Crippen LogP contribution in [0.3, 0.4) is 0 Å². The molecule has 200 valence electrons. The molecule has 0 saturated carbocycles. The fourth-order valence-corrected chi connectivity index (χ4v) is 3.32. The largest absolute Gasteiger partial charge is 0.497 e. The second-order valence-corrected chi connectivity index (χ2v) is 8.09. The molecule has 0 heterocycles. The number of rotatable bonds is 8. The molecule has 0 aliphatic heterocycles. The number of hydrogen-bond donors (Lipinski definition) is 2. The first-order valence-electron chi connectivity index (χ1n) is 11.9. The van der Waals surface area contributed by atoms with Crippen LogP contribution in [0.4, 0.5) is 5.69 Å². The molecular weight excluding hydrogens is 514 g/mol. The zero-order chi connectivity index (χ0) is 28.3. The van der Waals surface area contributed by atoms with E-state index in [1.807, 2.05) is 0 Å². The first kappa shape index (κ1) is 27.3. The van der Waals surface area contributed by atoms with Crippen LogP contribution in [0.5, 0.6) is 17.2 Å². The predicted molar refractivity (Wildman–Crippen MR) is 147 cm³/mol. The first-order valence-corrected chi connectivity index (χ1v) is 11.9. The second kappa shape index (κ2) is 13.2. The van der Waals surface area contributed by atoms with Crippen LogP contribution < -0.4 is 25.0 Å². The Morgan fingerprint density at radius 1 is 0.675 bits per heavy atom. The van der Waals surface area contributed by atoms with Crippen molar-refractivity contribution >= 4 is 35.7 Å². The van der Waals surface area contributed by atoms with Gasteiger partial charge in [-0.1, -0.05) is 36.4 Å². The van der Waals surface area contributed by atoms with Gasteiger partial charge in [-0.15, -0.1) is 0 Å². The molecule has 0 atom stereocenters. The molecule has 10 nitrogen and oxygen atoms in total. The van der Waals surface area contributed by atoms with E-state index in [0.29, 0.717) is 22.6 Å². The summed E-state index contributed by atoms with van der Waals surface area (Å²) < 4.78 is 16.0. The highest BCUT2D eigenvalue weighted by molar-refractivity contribution is 6.39. The Hall–Kier alpha value is -5.77. The van der Waals surface area contributed by atoms with Crippen LogP contribution in [-0.2, 0) is 9.59 Å². The molecule has 0 spiro atoms. The first-order chi connectivity index (χ1) is 19.4. The third kappa shape index (κ3) is 7.39. The van der Waals surface area contributed by atoms with Crippen molar-refractivity contribution in [2.24, 2.45) is 5.10 Å². The van der Waals surface area contributed by atoms with Gasteiger partial charge in [0.15, 0.2) is 0 Å². The molecule has 0 bridgehead atoms. The summed E-state index contributed by atoms with van der Waals surface area (Å²) in [7, 11) is 1.51. The molecule has 0 unspecified atom stereocenters. The number of carbonyl (C=O) groups excluding carboxylic acids is 4. The summed E-state index contributed by atoms with van der Waals surface area (Å²) in [6, 6.07) is 27.4. The molecule has 0 fully saturated rings. The zero-order valence-corrected chi connectivity index (χ0v) is 21.2. The lowest BCUT2D eigenvalue weighted by Gasteiger charge is -2.10. The van der Waals surface area contributed by atoms with Crippen molar-refractivity contribution in [2.45, 2.75) is 0 Å². The molecule has 0 aromatic heterocycles. The topological polar surface area (TPSA) is 132 Å². The predicted octanol–water partition coefficient (Wildman–Crippen LogP) is 4.22. The van der Waals surface area contributed by atoms with E-state index in [9.17, 15) is 19.2 Å². The average molecular weight is 538 g/mol. The lowest BCUT2D eigenvalue weighted by Crippen LogP contribution is -2.32. The van der Waals surface area contributed by atoms with E-state index in [4.69, 9.17) is 14.2 Å². The zero-order valence-electron chi connectivity index (χ0n) is 21.2. The van der Waals surface area contributed by atoms with E-state index in [-0.39, 0.29) is 17.1 Å². The molecule has 0 saturated heterocycles. The highest BCUT2D eigenvalue weighted by atomic mass is 16.5. The van der Waals surface area contributed by atoms with Gasteiger partial charge in [-0.25, -0.2) is 15.0 Å². The number of hydrazone groups is 1. The van der Waals surface area contributed by atoms with Crippen molar-refractivity contribution in [1.82, 2.24) is 5.43 Å². The number of nitrogens with one attached hydrogen (secondary N) is 2. The van der Waals surface area contributed by atoms with Gasteiger partial charge in [0.1, 0.15) is 17.2 Å². The number of nitrogens with zero attached hydrogens (tertiary/aromatic N) is 1. The van der Waals surface area contributed by atoms with Gasteiger partial charge in [0.25, 0.3) is 0 Å². The van der Waals surface area contributed by atoms with Gasteiger partial charge >= 0.3 is 23.8 Å². The van der Waals surface area contributed by atoms with Gasteiger partial charge in [-0.05, 0) is 60.7 Å². The van der Waals surface area contributed by atoms with Crippen molar-refractivity contribution in [1.29, 1.82) is 0 Å². The number of esters is 2. The summed E-state index contributed by atoms with van der Waals surface area (Å²) >= 11 is 0. The van der Waals surface area contributed by atoms with E-state index in [2.05, 4.69) is 15.8 Å². The van der Waals surface area contributed by atoms with Gasteiger partial charge in [0.2, 0.25) is 0 Å². The lowest BCUT2D eigenvalue weighted by atomic mass is 10.2. The number of amides is 2. The standard InChI is InChI=1S/C30H23N3O7/c1-38-24-16-13-23(14-17-24)32-27(34)28(35)33-31-19-22-12-15-25(39-29(36)20-8-4-2-5-9-20)18-26(22)40-30(37)21-10-6-3-7-11-21/h2-19H,1H3,(H,32,34)(H,33,35). The summed E-state index contributed by atoms with van der Waals surface area (Å²) in [6.45, 7) is 0. The number of ether oxygens (including phenoxy) is 3. The molecule has 2 amide bonds. The molecular formula is C30H23N3O7. The Morgan fingerprint density at radius 2 is 1.25 bits per heavy atom. The Morgan fingerprint density at radius 3 is 1.85 bits per heavy atom. The Kier molecular flexibility index (Phi) is 8.97. The fraction of sp³-hybridized carbons (Fsp3) is 0.0333. The van der Waals surface area contributed by atoms with Crippen molar-refractivity contribution in [3.05, 3.63) is 120 Å². The van der Waals surface area contributed by atoms with Crippen LogP contribution in [0.25, 0.3) is 0 Å². The van der Waals surface area contributed by atoms with E-state index in [1.54, 1.807) is 84.9 Å². The smallest absolute Gasteiger partial charge is 0.343 e. The highest BCUT2D eigenvalue weighted by Gasteiger charge is 2.16. The maximum atomic E-state index is 12.7. The molecule has 0 aliphatic rings. The molecule has 40 heavy (non-hydrogen) atoms. The summed E-state index contributed by atoms with van der Waals surface area (Å²) in [5.41, 5.74) is 3.41. The maximum Gasteiger partial charge on any atom is 0.343 e. The van der Waals surface area contributed by atoms with Gasteiger partial charge in [0.05, 0.1) is 24.5 Å².